The van der Waals surface area contributed by atoms with Crippen LogP contribution < -0.4 is 0 Å². The van der Waals surface area contributed by atoms with Gasteiger partial charge in [0.1, 0.15) is 0 Å². The van der Waals surface area contributed by atoms with Crippen LogP contribution in [0, 0.1) is 0 Å². The van der Waals surface area contributed by atoms with Crippen molar-refractivity contribution in [2.24, 2.45) is 0 Å². The van der Waals surface area contributed by atoms with Gasteiger partial charge in [0, 0.05) is 10.8 Å². The summed E-state index contributed by atoms with van der Waals surface area (Å²) in [6.45, 7) is 6.09. The summed E-state index contributed by atoms with van der Waals surface area (Å²) in [4.78, 5) is 10.2. The van der Waals surface area contributed by atoms with Crippen molar-refractivity contribution in [1.82, 2.24) is 0 Å². The fourth-order valence-corrected chi connectivity index (χ4v) is 0.785. The molecule has 0 unspecified atom stereocenters. The third-order valence-electron chi connectivity index (χ3n) is 1.49. The maximum absolute atomic E-state index is 10.2. The Morgan fingerprint density at radius 3 is 1.75 bits per heavy atom. The largest absolute Gasteiger partial charge is 0.478 e. The van der Waals surface area contributed by atoms with Gasteiger partial charge in [0.15, 0.2) is 9.84 Å². The van der Waals surface area contributed by atoms with Gasteiger partial charge in [0.05, 0.1) is 5.56 Å². The number of hydrogen-bond acceptors (Lipinski definition) is 3. The number of carboxylic acid groups (broad SMARTS) is 1. The minimum Gasteiger partial charge on any atom is -0.478 e. The molecule has 1 N–H and O–H groups in total. The number of aromatic carboxylic acids is 1. The van der Waals surface area contributed by atoms with E-state index in [0.717, 1.165) is 10.8 Å². The van der Waals surface area contributed by atoms with E-state index in [-0.39, 0.29) is 0 Å². The molecule has 0 bridgehead atoms. The highest BCUT2D eigenvalue weighted by Crippen LogP contribution is 1.96. The van der Waals surface area contributed by atoms with Gasteiger partial charge in [-0.1, -0.05) is 31.4 Å². The van der Waals surface area contributed by atoms with Gasteiger partial charge < -0.3 is 5.11 Å². The first-order chi connectivity index (χ1) is 7.43. The van der Waals surface area contributed by atoms with Crippen LogP contribution in [0.4, 0.5) is 0 Å². The molecular weight excluding hydrogens is 228 g/mol. The monoisotopic (exact) mass is 240 g/mol. The van der Waals surface area contributed by atoms with Gasteiger partial charge in [0.2, 0.25) is 0 Å². The summed E-state index contributed by atoms with van der Waals surface area (Å²) in [5.41, 5.74) is 0.331. The topological polar surface area (TPSA) is 71.4 Å². The molecule has 4 nitrogen and oxygen atoms in total. The van der Waals surface area contributed by atoms with Crippen LogP contribution in [0.1, 0.15) is 10.4 Å². The van der Waals surface area contributed by atoms with Crippen LogP contribution >= 0.6 is 0 Å². The van der Waals surface area contributed by atoms with Crippen molar-refractivity contribution in [3.63, 3.8) is 0 Å². The molecule has 0 saturated carbocycles. The molecule has 0 aromatic heterocycles. The number of benzene rings is 1. The zero-order valence-corrected chi connectivity index (χ0v) is 9.35. The Labute approximate surface area is 94.5 Å². The molecule has 86 valence electrons. The predicted octanol–water partition coefficient (Wildman–Crippen LogP) is 2.07. The van der Waals surface area contributed by atoms with Crippen molar-refractivity contribution in [2.75, 3.05) is 0 Å². The van der Waals surface area contributed by atoms with Gasteiger partial charge in [-0.2, -0.15) is 0 Å². The molecule has 0 aliphatic heterocycles. The van der Waals surface area contributed by atoms with Gasteiger partial charge in [0.25, 0.3) is 0 Å². The van der Waals surface area contributed by atoms with Crippen LogP contribution in [0.25, 0.3) is 0 Å². The summed E-state index contributed by atoms with van der Waals surface area (Å²) < 4.78 is 20.3. The van der Waals surface area contributed by atoms with Crippen molar-refractivity contribution in [1.29, 1.82) is 0 Å². The standard InChI is InChI=1S/C7H6O2.C4H6O2S/c8-7(9)6-4-2-1-3-5-6;1-3-7(5,6)4-2/h1-5H,(H,8,9);3-4H,1-2H2. The van der Waals surface area contributed by atoms with E-state index in [1.165, 1.54) is 0 Å². The minimum atomic E-state index is -3.13. The van der Waals surface area contributed by atoms with Gasteiger partial charge in [-0.3, -0.25) is 0 Å². The summed E-state index contributed by atoms with van der Waals surface area (Å²) in [7, 11) is -3.13. The highest BCUT2D eigenvalue weighted by molar-refractivity contribution is 7.97. The predicted molar refractivity (Wildman–Crippen MR) is 62.7 cm³/mol. The molecule has 0 saturated heterocycles. The fraction of sp³-hybridized carbons (Fsp3) is 0. The number of hydrogen-bond donors (Lipinski definition) is 1. The second-order valence-electron chi connectivity index (χ2n) is 2.59. The Bertz CT molecular complexity index is 446. The Morgan fingerprint density at radius 1 is 1.12 bits per heavy atom. The fourth-order valence-electron chi connectivity index (χ4n) is 0.649. The smallest absolute Gasteiger partial charge is 0.335 e. The molecule has 1 aromatic rings. The van der Waals surface area contributed by atoms with E-state index in [0.29, 0.717) is 5.56 Å². The van der Waals surface area contributed by atoms with Crippen LogP contribution in [0.15, 0.2) is 54.3 Å². The Morgan fingerprint density at radius 2 is 1.56 bits per heavy atom. The first kappa shape index (κ1) is 14.1. The minimum absolute atomic E-state index is 0.331. The molecule has 1 rings (SSSR count). The van der Waals surface area contributed by atoms with E-state index in [4.69, 9.17) is 5.11 Å². The molecular formula is C11H12O4S. The van der Waals surface area contributed by atoms with Crippen LogP contribution in [0.2, 0.25) is 0 Å². The summed E-state index contributed by atoms with van der Waals surface area (Å²) >= 11 is 0. The molecule has 0 spiro atoms. The van der Waals surface area contributed by atoms with Gasteiger partial charge in [-0.25, -0.2) is 13.2 Å². The Balaban J connectivity index is 0.000000293. The lowest BCUT2D eigenvalue weighted by Gasteiger charge is -1.88. The van der Waals surface area contributed by atoms with Crippen LogP contribution in [0.3, 0.4) is 0 Å². The Kier molecular flexibility index (Phi) is 5.80. The number of carboxylic acids is 1. The van der Waals surface area contributed by atoms with E-state index in [2.05, 4.69) is 13.2 Å². The van der Waals surface area contributed by atoms with Crippen molar-refractivity contribution < 1.29 is 18.3 Å². The quantitative estimate of drug-likeness (QED) is 0.877. The van der Waals surface area contributed by atoms with Crippen molar-refractivity contribution in [2.45, 2.75) is 0 Å². The van der Waals surface area contributed by atoms with E-state index in [1.54, 1.807) is 30.3 Å². The summed E-state index contributed by atoms with van der Waals surface area (Å²) in [5, 5.41) is 10.1. The summed E-state index contributed by atoms with van der Waals surface area (Å²) in [6.07, 6.45) is 0. The van der Waals surface area contributed by atoms with Crippen molar-refractivity contribution >= 4 is 15.8 Å². The van der Waals surface area contributed by atoms with Crippen LogP contribution in [-0.2, 0) is 9.84 Å². The average Bonchev–Trinajstić information content (AvgIpc) is 2.31. The lowest BCUT2D eigenvalue weighted by molar-refractivity contribution is 0.0697. The molecule has 0 fully saturated rings. The van der Waals surface area contributed by atoms with Crippen LogP contribution in [0.5, 0.6) is 0 Å². The average molecular weight is 240 g/mol. The highest BCUT2D eigenvalue weighted by atomic mass is 32.2. The lowest BCUT2D eigenvalue weighted by Crippen LogP contribution is -1.93. The van der Waals surface area contributed by atoms with Gasteiger partial charge in [-0.15, -0.1) is 0 Å². The molecule has 0 heterocycles. The summed E-state index contributed by atoms with van der Waals surface area (Å²) in [5.74, 6) is -0.879. The normalized spacial score (nSPS) is 9.50. The van der Waals surface area contributed by atoms with Gasteiger partial charge >= 0.3 is 5.97 Å². The molecule has 1 aromatic carbocycles. The number of carbonyl (C=O) groups is 1. The SMILES string of the molecule is C=CS(=O)(=O)C=C.O=C(O)c1ccccc1. The molecule has 16 heavy (non-hydrogen) atoms. The third-order valence-corrected chi connectivity index (χ3v) is 2.41. The number of sulfone groups is 1. The van der Waals surface area contributed by atoms with Crippen molar-refractivity contribution in [3.05, 3.63) is 59.9 Å². The second-order valence-corrected chi connectivity index (χ2v) is 4.44. The zero-order chi connectivity index (χ0) is 12.6. The molecule has 0 aliphatic rings. The first-order valence-corrected chi connectivity index (χ1v) is 5.82. The van der Waals surface area contributed by atoms with E-state index in [1.807, 2.05) is 0 Å². The molecule has 0 atom stereocenters. The van der Waals surface area contributed by atoms with Gasteiger partial charge in [-0.05, 0) is 12.1 Å². The van der Waals surface area contributed by atoms with Crippen molar-refractivity contribution in [3.8, 4) is 0 Å². The highest BCUT2D eigenvalue weighted by Gasteiger charge is 1.96. The molecule has 5 heteroatoms. The van der Waals surface area contributed by atoms with E-state index >= 15 is 0 Å². The number of rotatable bonds is 3. The van der Waals surface area contributed by atoms with E-state index < -0.39 is 15.8 Å². The maximum Gasteiger partial charge on any atom is 0.335 e. The van der Waals surface area contributed by atoms with Crippen LogP contribution in [-0.4, -0.2) is 19.5 Å². The Hall–Kier alpha value is -1.88. The molecule has 0 amide bonds. The van der Waals surface area contributed by atoms with E-state index in [9.17, 15) is 13.2 Å². The zero-order valence-electron chi connectivity index (χ0n) is 8.54. The summed E-state index contributed by atoms with van der Waals surface area (Å²) in [6, 6.07) is 8.30. The third kappa shape index (κ3) is 5.77. The maximum atomic E-state index is 10.2. The molecule has 0 aliphatic carbocycles. The first-order valence-electron chi connectivity index (χ1n) is 4.21. The lowest BCUT2D eigenvalue weighted by atomic mass is 10.2. The molecule has 0 radical (unpaired) electrons. The second kappa shape index (κ2) is 6.58.